The average Bonchev–Trinajstić information content (AvgIpc) is 2.81. The van der Waals surface area contributed by atoms with Crippen molar-refractivity contribution in [3.8, 4) is 0 Å². The van der Waals surface area contributed by atoms with Gasteiger partial charge in [-0.1, -0.05) is 25.1 Å². The molecule has 1 aromatic rings. The molecule has 0 unspecified atom stereocenters. The molecule has 0 N–H and O–H groups in total. The highest BCUT2D eigenvalue weighted by molar-refractivity contribution is 6.19. The lowest BCUT2D eigenvalue weighted by atomic mass is 9.94. The first kappa shape index (κ1) is 14.4. The molecule has 0 bridgehead atoms. The first-order valence-corrected chi connectivity index (χ1v) is 7.22. The van der Waals surface area contributed by atoms with E-state index in [9.17, 15) is 19.2 Å². The van der Waals surface area contributed by atoms with Gasteiger partial charge in [0.1, 0.15) is 6.04 Å². The van der Waals surface area contributed by atoms with E-state index >= 15 is 0 Å². The van der Waals surface area contributed by atoms with E-state index in [-0.39, 0.29) is 23.8 Å². The summed E-state index contributed by atoms with van der Waals surface area (Å²) >= 11 is 0. The van der Waals surface area contributed by atoms with Crippen molar-refractivity contribution in [3.63, 3.8) is 0 Å². The summed E-state index contributed by atoms with van der Waals surface area (Å²) in [5, 5.41) is 0. The number of fused-ring (bicyclic) bond motifs is 1. The third kappa shape index (κ3) is 1.94. The molecule has 3 rings (SSSR count). The molecule has 2 fully saturated rings. The van der Waals surface area contributed by atoms with Crippen LogP contribution in [-0.2, 0) is 9.59 Å². The Bertz CT molecular complexity index is 670. The average molecular weight is 300 g/mol. The van der Waals surface area contributed by atoms with E-state index < -0.39 is 29.8 Å². The summed E-state index contributed by atoms with van der Waals surface area (Å²) in [6.45, 7) is 3.34. The Morgan fingerprint density at radius 3 is 2.36 bits per heavy atom. The molecule has 114 valence electrons. The van der Waals surface area contributed by atoms with Gasteiger partial charge in [-0.15, -0.1) is 0 Å². The number of amides is 4. The van der Waals surface area contributed by atoms with Crippen molar-refractivity contribution in [2.45, 2.75) is 32.4 Å². The van der Waals surface area contributed by atoms with Crippen LogP contribution in [0.4, 0.5) is 4.79 Å². The summed E-state index contributed by atoms with van der Waals surface area (Å²) in [4.78, 5) is 51.6. The lowest BCUT2D eigenvalue weighted by Crippen LogP contribution is -2.63. The lowest BCUT2D eigenvalue weighted by Gasteiger charge is -2.39. The van der Waals surface area contributed by atoms with Crippen LogP contribution in [0.5, 0.6) is 0 Å². The minimum atomic E-state index is -0.741. The van der Waals surface area contributed by atoms with Crippen LogP contribution in [0, 0.1) is 5.92 Å². The number of carbonyl (C=O) groups excluding carboxylic acids is 4. The zero-order valence-corrected chi connectivity index (χ0v) is 12.4. The summed E-state index contributed by atoms with van der Waals surface area (Å²) in [5.74, 6) is -2.08. The summed E-state index contributed by atoms with van der Waals surface area (Å²) in [7, 11) is 0. The molecule has 0 aromatic heterocycles. The monoisotopic (exact) mass is 300 g/mol. The quantitative estimate of drug-likeness (QED) is 0.736. The number of benzene rings is 1. The van der Waals surface area contributed by atoms with E-state index in [0.29, 0.717) is 4.90 Å². The Labute approximate surface area is 127 Å². The van der Waals surface area contributed by atoms with Gasteiger partial charge in [0.05, 0.1) is 5.92 Å². The Balaban J connectivity index is 1.99. The molecule has 2 saturated heterocycles. The van der Waals surface area contributed by atoms with E-state index in [2.05, 4.69) is 0 Å². The first-order chi connectivity index (χ1) is 10.4. The maximum atomic E-state index is 12.6. The number of urea groups is 1. The predicted octanol–water partition coefficient (Wildman–Crippen LogP) is 1.46. The van der Waals surface area contributed by atoms with Gasteiger partial charge in [0, 0.05) is 18.0 Å². The van der Waals surface area contributed by atoms with Crippen LogP contribution in [0.2, 0.25) is 0 Å². The number of hydrogen-bond donors (Lipinski definition) is 0. The van der Waals surface area contributed by atoms with Crippen LogP contribution in [0.3, 0.4) is 0 Å². The maximum Gasteiger partial charge on any atom is 0.334 e. The number of nitrogens with zero attached hydrogens (tertiary/aromatic N) is 2. The Kier molecular flexibility index (Phi) is 3.31. The zero-order chi connectivity index (χ0) is 16.0. The molecule has 22 heavy (non-hydrogen) atoms. The molecule has 0 aliphatic carbocycles. The smallest absolute Gasteiger partial charge is 0.310 e. The Hall–Kier alpha value is -2.50. The second-order valence-electron chi connectivity index (χ2n) is 5.79. The zero-order valence-electron chi connectivity index (χ0n) is 12.4. The van der Waals surface area contributed by atoms with Crippen molar-refractivity contribution in [3.05, 3.63) is 35.9 Å². The Morgan fingerprint density at radius 2 is 1.73 bits per heavy atom. The predicted molar refractivity (Wildman–Crippen MR) is 76.9 cm³/mol. The SMILES string of the molecule is C[C@@H]1CC(=O)[C@H]2[C@@H](C)C(=O)N(C(=O)c3ccccc3)C(=O)N12. The van der Waals surface area contributed by atoms with E-state index in [1.54, 1.807) is 44.2 Å². The fourth-order valence-electron chi connectivity index (χ4n) is 3.21. The molecule has 2 heterocycles. The molecule has 4 amide bonds. The minimum absolute atomic E-state index is 0.117. The summed E-state index contributed by atoms with van der Waals surface area (Å²) in [6, 6.07) is 6.45. The number of ketones is 1. The van der Waals surface area contributed by atoms with Gasteiger partial charge >= 0.3 is 6.03 Å². The third-order valence-electron chi connectivity index (χ3n) is 4.32. The van der Waals surface area contributed by atoms with E-state index in [1.807, 2.05) is 0 Å². The van der Waals surface area contributed by atoms with Gasteiger partial charge in [0.2, 0.25) is 5.91 Å². The summed E-state index contributed by atoms with van der Waals surface area (Å²) < 4.78 is 0. The highest BCUT2D eigenvalue weighted by Crippen LogP contribution is 2.33. The molecule has 3 atom stereocenters. The van der Waals surface area contributed by atoms with E-state index in [0.717, 1.165) is 0 Å². The van der Waals surface area contributed by atoms with Crippen LogP contribution in [0.25, 0.3) is 0 Å². The molecule has 0 saturated carbocycles. The topological polar surface area (TPSA) is 74.8 Å². The Morgan fingerprint density at radius 1 is 1.09 bits per heavy atom. The third-order valence-corrected chi connectivity index (χ3v) is 4.32. The highest BCUT2D eigenvalue weighted by atomic mass is 16.2. The second kappa shape index (κ2) is 5.05. The van der Waals surface area contributed by atoms with Crippen molar-refractivity contribution in [1.29, 1.82) is 0 Å². The minimum Gasteiger partial charge on any atom is -0.310 e. The van der Waals surface area contributed by atoms with Gasteiger partial charge in [-0.3, -0.25) is 14.4 Å². The number of Topliss-reactive ketones (excluding diaryl/α,β-unsaturated/α-hetero) is 1. The van der Waals surface area contributed by atoms with Crippen LogP contribution in [0.1, 0.15) is 30.6 Å². The van der Waals surface area contributed by atoms with Crippen molar-refractivity contribution < 1.29 is 19.2 Å². The first-order valence-electron chi connectivity index (χ1n) is 7.22. The van der Waals surface area contributed by atoms with Gasteiger partial charge in [-0.05, 0) is 19.1 Å². The van der Waals surface area contributed by atoms with Crippen LogP contribution in [-0.4, -0.2) is 45.5 Å². The molecular formula is C16H16N2O4. The van der Waals surface area contributed by atoms with Crippen LogP contribution < -0.4 is 0 Å². The van der Waals surface area contributed by atoms with Gasteiger partial charge in [-0.25, -0.2) is 4.79 Å². The van der Waals surface area contributed by atoms with E-state index in [1.165, 1.54) is 4.90 Å². The lowest BCUT2D eigenvalue weighted by molar-refractivity contribution is -0.138. The molecule has 0 radical (unpaired) electrons. The van der Waals surface area contributed by atoms with Gasteiger partial charge in [0.25, 0.3) is 5.91 Å². The molecule has 2 aliphatic rings. The number of rotatable bonds is 1. The standard InChI is InChI=1S/C16H16N2O4/c1-9-8-12(19)13-10(2)14(20)18(16(22)17(9)13)15(21)11-6-4-3-5-7-11/h3-7,9-10,13H,8H2,1-2H3/t9-,10-,13-/m1/s1. The number of hydrogen-bond acceptors (Lipinski definition) is 4. The largest absolute Gasteiger partial charge is 0.334 e. The fraction of sp³-hybridized carbons (Fsp3) is 0.375. The van der Waals surface area contributed by atoms with E-state index in [4.69, 9.17) is 0 Å². The molecule has 1 aromatic carbocycles. The second-order valence-corrected chi connectivity index (χ2v) is 5.79. The highest BCUT2D eigenvalue weighted by Gasteiger charge is 2.54. The van der Waals surface area contributed by atoms with Gasteiger partial charge < -0.3 is 4.90 Å². The number of carbonyl (C=O) groups is 4. The molecule has 6 nitrogen and oxygen atoms in total. The summed E-state index contributed by atoms with van der Waals surface area (Å²) in [5.41, 5.74) is 0.271. The normalized spacial score (nSPS) is 28.1. The summed E-state index contributed by atoms with van der Waals surface area (Å²) in [6.07, 6.45) is 0.224. The molecule has 0 spiro atoms. The van der Waals surface area contributed by atoms with Crippen molar-refractivity contribution in [2.75, 3.05) is 0 Å². The molecular weight excluding hydrogens is 284 g/mol. The molecule has 6 heteroatoms. The maximum absolute atomic E-state index is 12.6. The fourth-order valence-corrected chi connectivity index (χ4v) is 3.21. The van der Waals surface area contributed by atoms with Gasteiger partial charge in [-0.2, -0.15) is 4.90 Å². The van der Waals surface area contributed by atoms with Crippen molar-refractivity contribution >= 4 is 23.6 Å². The molecule has 2 aliphatic heterocycles. The van der Waals surface area contributed by atoms with Crippen molar-refractivity contribution in [2.24, 2.45) is 5.92 Å². The van der Waals surface area contributed by atoms with Crippen LogP contribution in [0.15, 0.2) is 30.3 Å². The van der Waals surface area contributed by atoms with Gasteiger partial charge in [0.15, 0.2) is 5.78 Å². The van der Waals surface area contributed by atoms with Crippen LogP contribution >= 0.6 is 0 Å². The van der Waals surface area contributed by atoms with Crippen molar-refractivity contribution in [1.82, 2.24) is 9.80 Å². The number of imide groups is 3.